The van der Waals surface area contributed by atoms with E-state index in [0.29, 0.717) is 12.5 Å². The monoisotopic (exact) mass is 192 g/mol. The molecule has 0 fully saturated rings. The highest BCUT2D eigenvalue weighted by molar-refractivity contribution is 5.73. The van der Waals surface area contributed by atoms with Crippen molar-refractivity contribution in [3.63, 3.8) is 0 Å². The summed E-state index contributed by atoms with van der Waals surface area (Å²) in [5.74, 6) is 0.625. The number of ether oxygens (including phenoxy) is 1. The Kier molecular flexibility index (Phi) is 3.02. The highest BCUT2D eigenvalue weighted by Crippen LogP contribution is 2.22. The summed E-state index contributed by atoms with van der Waals surface area (Å²) in [4.78, 5) is 11.5. The van der Waals surface area contributed by atoms with Crippen LogP contribution in [-0.4, -0.2) is 12.6 Å². The van der Waals surface area contributed by atoms with E-state index >= 15 is 0 Å². The molecule has 0 unspecified atom stereocenters. The lowest BCUT2D eigenvalue weighted by molar-refractivity contribution is -0.149. The molecule has 0 bridgehead atoms. The fourth-order valence-corrected chi connectivity index (χ4v) is 1.94. The maximum Gasteiger partial charge on any atom is 0.309 e. The van der Waals surface area contributed by atoms with Gasteiger partial charge in [-0.05, 0) is 31.6 Å². The van der Waals surface area contributed by atoms with Gasteiger partial charge in [-0.3, -0.25) is 4.79 Å². The molecule has 76 valence electrons. The van der Waals surface area contributed by atoms with Crippen LogP contribution < -0.4 is 0 Å². The lowest BCUT2D eigenvalue weighted by atomic mass is 10.1. The molecule has 2 rings (SSSR count). The van der Waals surface area contributed by atoms with Gasteiger partial charge in [0.05, 0.1) is 12.5 Å². The molecule has 0 heterocycles. The summed E-state index contributed by atoms with van der Waals surface area (Å²) in [6.45, 7) is 0.600. The van der Waals surface area contributed by atoms with Crippen molar-refractivity contribution in [1.29, 1.82) is 0 Å². The topological polar surface area (TPSA) is 26.3 Å². The molecule has 2 nitrogen and oxygen atoms in total. The molecule has 0 saturated carbocycles. The zero-order chi connectivity index (χ0) is 9.80. The molecule has 0 radical (unpaired) electrons. The molecule has 0 aromatic carbocycles. The van der Waals surface area contributed by atoms with Crippen LogP contribution in [0.2, 0.25) is 0 Å². The minimum absolute atomic E-state index is 0.0121. The van der Waals surface area contributed by atoms with Gasteiger partial charge in [-0.25, -0.2) is 0 Å². The molecule has 2 heteroatoms. The Bertz CT molecular complexity index is 249. The molecule has 0 aromatic rings. The van der Waals surface area contributed by atoms with Crippen molar-refractivity contribution in [2.75, 3.05) is 6.61 Å². The summed E-state index contributed by atoms with van der Waals surface area (Å²) in [7, 11) is 0. The van der Waals surface area contributed by atoms with Gasteiger partial charge in [-0.2, -0.15) is 0 Å². The number of allylic oxidation sites excluding steroid dienone is 4. The first-order valence-corrected chi connectivity index (χ1v) is 5.33. The van der Waals surface area contributed by atoms with Gasteiger partial charge in [-0.1, -0.05) is 24.3 Å². The molecule has 0 N–H and O–H groups in total. The second-order valence-electron chi connectivity index (χ2n) is 4.08. The number of hydrogen-bond acceptors (Lipinski definition) is 2. The van der Waals surface area contributed by atoms with Gasteiger partial charge in [0.15, 0.2) is 0 Å². The van der Waals surface area contributed by atoms with Crippen molar-refractivity contribution in [2.45, 2.75) is 25.7 Å². The number of hydrogen-bond donors (Lipinski definition) is 0. The number of esters is 1. The van der Waals surface area contributed by atoms with Crippen molar-refractivity contribution in [1.82, 2.24) is 0 Å². The Hall–Kier alpha value is -1.05. The Morgan fingerprint density at radius 2 is 1.64 bits per heavy atom. The first-order valence-electron chi connectivity index (χ1n) is 5.33. The lowest BCUT2D eigenvalue weighted by Gasteiger charge is -2.13. The third-order valence-corrected chi connectivity index (χ3v) is 2.91. The largest absolute Gasteiger partial charge is 0.465 e. The quantitative estimate of drug-likeness (QED) is 0.507. The summed E-state index contributed by atoms with van der Waals surface area (Å²) >= 11 is 0. The van der Waals surface area contributed by atoms with E-state index in [9.17, 15) is 4.79 Å². The molecule has 0 saturated heterocycles. The summed E-state index contributed by atoms with van der Waals surface area (Å²) in [6, 6.07) is 0. The first-order chi connectivity index (χ1) is 6.86. The Morgan fingerprint density at radius 1 is 1.07 bits per heavy atom. The third-order valence-electron chi connectivity index (χ3n) is 2.91. The van der Waals surface area contributed by atoms with Gasteiger partial charge in [0.1, 0.15) is 0 Å². The molecule has 2 aliphatic rings. The zero-order valence-corrected chi connectivity index (χ0v) is 8.32. The van der Waals surface area contributed by atoms with E-state index in [4.69, 9.17) is 4.74 Å². The molecule has 0 amide bonds. The minimum atomic E-state index is -0.0121. The highest BCUT2D eigenvalue weighted by atomic mass is 16.5. The molecule has 0 spiro atoms. The fourth-order valence-electron chi connectivity index (χ4n) is 1.94. The average Bonchev–Trinajstić information content (AvgIpc) is 2.87. The predicted octanol–water partition coefficient (Wildman–Crippen LogP) is 2.46. The van der Waals surface area contributed by atoms with Crippen LogP contribution >= 0.6 is 0 Å². The van der Waals surface area contributed by atoms with E-state index in [1.807, 2.05) is 0 Å². The van der Waals surface area contributed by atoms with Gasteiger partial charge >= 0.3 is 5.97 Å². The van der Waals surface area contributed by atoms with Gasteiger partial charge in [0, 0.05) is 0 Å². The van der Waals surface area contributed by atoms with Crippen LogP contribution in [-0.2, 0) is 9.53 Å². The third kappa shape index (κ3) is 2.25. The fraction of sp³-hybridized carbons (Fsp3) is 0.583. The van der Waals surface area contributed by atoms with Crippen molar-refractivity contribution in [3.05, 3.63) is 24.3 Å². The van der Waals surface area contributed by atoms with Crippen LogP contribution in [0.5, 0.6) is 0 Å². The van der Waals surface area contributed by atoms with Crippen LogP contribution in [0.15, 0.2) is 24.3 Å². The van der Waals surface area contributed by atoms with Crippen LogP contribution in [0.1, 0.15) is 25.7 Å². The summed E-state index contributed by atoms with van der Waals surface area (Å²) in [5.41, 5.74) is 0. The maximum absolute atomic E-state index is 11.5. The SMILES string of the molecule is O=C(OCC1CC=CC1)C1CC=CC1. The summed E-state index contributed by atoms with van der Waals surface area (Å²) in [5, 5.41) is 0. The van der Waals surface area contributed by atoms with Gasteiger partial charge in [0.2, 0.25) is 0 Å². The second kappa shape index (κ2) is 4.45. The molecular weight excluding hydrogens is 176 g/mol. The molecule has 14 heavy (non-hydrogen) atoms. The maximum atomic E-state index is 11.5. The first kappa shape index (κ1) is 9.50. The van der Waals surface area contributed by atoms with Crippen LogP contribution in [0.25, 0.3) is 0 Å². The smallest absolute Gasteiger partial charge is 0.309 e. The van der Waals surface area contributed by atoms with Gasteiger partial charge in [-0.15, -0.1) is 0 Å². The molecule has 0 aliphatic heterocycles. The standard InChI is InChI=1S/C12H16O2/c13-12(11-7-3-4-8-11)14-9-10-5-1-2-6-10/h1-4,10-11H,5-9H2. The lowest BCUT2D eigenvalue weighted by Crippen LogP contribution is -2.18. The summed E-state index contributed by atoms with van der Waals surface area (Å²) in [6.07, 6.45) is 12.3. The predicted molar refractivity (Wildman–Crippen MR) is 54.7 cm³/mol. The van der Waals surface area contributed by atoms with Crippen molar-refractivity contribution >= 4 is 5.97 Å². The second-order valence-corrected chi connectivity index (χ2v) is 4.08. The van der Waals surface area contributed by atoms with Gasteiger partial charge < -0.3 is 4.74 Å². The average molecular weight is 192 g/mol. The van der Waals surface area contributed by atoms with Crippen molar-refractivity contribution in [2.24, 2.45) is 11.8 Å². The number of rotatable bonds is 3. The van der Waals surface area contributed by atoms with Gasteiger partial charge in [0.25, 0.3) is 0 Å². The van der Waals surface area contributed by atoms with Crippen LogP contribution in [0.4, 0.5) is 0 Å². The van der Waals surface area contributed by atoms with E-state index in [-0.39, 0.29) is 11.9 Å². The Labute approximate surface area is 84.6 Å². The van der Waals surface area contributed by atoms with E-state index in [1.54, 1.807) is 0 Å². The number of carbonyl (C=O) groups is 1. The van der Waals surface area contributed by atoms with Crippen molar-refractivity contribution in [3.8, 4) is 0 Å². The highest BCUT2D eigenvalue weighted by Gasteiger charge is 2.22. The zero-order valence-electron chi connectivity index (χ0n) is 8.32. The molecular formula is C12H16O2. The summed E-state index contributed by atoms with van der Waals surface area (Å²) < 4.78 is 5.29. The van der Waals surface area contributed by atoms with E-state index in [2.05, 4.69) is 24.3 Å². The Morgan fingerprint density at radius 3 is 2.29 bits per heavy atom. The molecule has 0 aromatic heterocycles. The Balaban J connectivity index is 1.67. The van der Waals surface area contributed by atoms with Crippen LogP contribution in [0, 0.1) is 11.8 Å². The normalized spacial score (nSPS) is 22.0. The van der Waals surface area contributed by atoms with Crippen molar-refractivity contribution < 1.29 is 9.53 Å². The molecule has 2 aliphatic carbocycles. The van der Waals surface area contributed by atoms with E-state index < -0.39 is 0 Å². The van der Waals surface area contributed by atoms with Crippen LogP contribution in [0.3, 0.4) is 0 Å². The minimum Gasteiger partial charge on any atom is -0.465 e. The molecule has 0 atom stereocenters. The van der Waals surface area contributed by atoms with E-state index in [1.165, 1.54) is 0 Å². The number of carbonyl (C=O) groups excluding carboxylic acids is 1. The van der Waals surface area contributed by atoms with E-state index in [0.717, 1.165) is 25.7 Å².